The first-order chi connectivity index (χ1) is 11.6. The van der Waals surface area contributed by atoms with Crippen LogP contribution in [0.3, 0.4) is 0 Å². The van der Waals surface area contributed by atoms with Gasteiger partial charge in [0.2, 0.25) is 10.0 Å². The molecule has 0 aromatic heterocycles. The molecule has 0 saturated heterocycles. The highest BCUT2D eigenvalue weighted by atomic mass is 35.5. The van der Waals surface area contributed by atoms with Crippen LogP contribution in [-0.2, 0) is 16.6 Å². The number of benzene rings is 2. The van der Waals surface area contributed by atoms with Crippen LogP contribution in [0.4, 0.5) is 13.2 Å². The van der Waals surface area contributed by atoms with Crippen molar-refractivity contribution in [3.8, 4) is 5.75 Å². The maximum atomic E-state index is 14.0. The predicted octanol–water partition coefficient (Wildman–Crippen LogP) is 3.03. The molecule has 0 radical (unpaired) electrons. The zero-order chi connectivity index (χ0) is 18.8. The average molecular weight is 394 g/mol. The lowest BCUT2D eigenvalue weighted by atomic mass is 10.1. The lowest BCUT2D eigenvalue weighted by molar-refractivity contribution is 0.0977. The standard InChI is InChI=1S/C15H11ClF3NO4S/c1-25(22,23)20-15(21)10-6-11(17)8(4-12(10)18)7-24-14-3-2-9(16)5-13(14)19/h2-6H,7H2,1H3,(H,20,21). The van der Waals surface area contributed by atoms with E-state index in [-0.39, 0.29) is 16.3 Å². The van der Waals surface area contributed by atoms with Crippen molar-refractivity contribution in [2.24, 2.45) is 0 Å². The van der Waals surface area contributed by atoms with E-state index in [1.807, 2.05) is 0 Å². The van der Waals surface area contributed by atoms with Gasteiger partial charge >= 0.3 is 0 Å². The minimum Gasteiger partial charge on any atom is -0.486 e. The Balaban J connectivity index is 2.20. The van der Waals surface area contributed by atoms with E-state index in [9.17, 15) is 26.4 Å². The van der Waals surface area contributed by atoms with E-state index in [0.29, 0.717) is 18.4 Å². The van der Waals surface area contributed by atoms with E-state index >= 15 is 0 Å². The summed E-state index contributed by atoms with van der Waals surface area (Å²) in [5.41, 5.74) is -1.08. The Morgan fingerprint density at radius 3 is 2.40 bits per heavy atom. The first-order valence-electron chi connectivity index (χ1n) is 6.64. The molecule has 5 nitrogen and oxygen atoms in total. The number of amides is 1. The molecule has 0 heterocycles. The molecule has 0 saturated carbocycles. The number of sulfonamides is 1. The van der Waals surface area contributed by atoms with Gasteiger partial charge in [-0.1, -0.05) is 11.6 Å². The van der Waals surface area contributed by atoms with E-state index < -0.39 is 45.6 Å². The molecule has 10 heteroatoms. The Labute approximate surface area is 146 Å². The maximum Gasteiger partial charge on any atom is 0.267 e. The number of carbonyl (C=O) groups excluding carboxylic acids is 1. The lowest BCUT2D eigenvalue weighted by Crippen LogP contribution is -2.30. The van der Waals surface area contributed by atoms with Gasteiger partial charge < -0.3 is 4.74 Å². The molecular formula is C15H11ClF3NO4S. The fourth-order valence-corrected chi connectivity index (χ4v) is 2.45. The number of rotatable bonds is 5. The third-order valence-corrected chi connectivity index (χ3v) is 3.73. The van der Waals surface area contributed by atoms with Crippen LogP contribution in [0.25, 0.3) is 0 Å². The molecule has 0 aliphatic heterocycles. The van der Waals surface area contributed by atoms with Crippen LogP contribution in [0.2, 0.25) is 5.02 Å². The first kappa shape index (κ1) is 19.1. The summed E-state index contributed by atoms with van der Waals surface area (Å²) in [5.74, 6) is -4.48. The fourth-order valence-electron chi connectivity index (χ4n) is 1.84. The lowest BCUT2D eigenvalue weighted by Gasteiger charge is -2.10. The molecule has 0 aliphatic rings. The summed E-state index contributed by atoms with van der Waals surface area (Å²) in [7, 11) is -3.93. The van der Waals surface area contributed by atoms with Crippen LogP contribution >= 0.6 is 11.6 Å². The second-order valence-corrected chi connectivity index (χ2v) is 7.18. The summed E-state index contributed by atoms with van der Waals surface area (Å²) in [5, 5.41) is 0.142. The topological polar surface area (TPSA) is 72.5 Å². The molecule has 1 amide bonds. The molecule has 0 spiro atoms. The average Bonchev–Trinajstić information content (AvgIpc) is 2.47. The van der Waals surface area contributed by atoms with Crippen molar-refractivity contribution in [3.05, 3.63) is 63.9 Å². The molecule has 2 aromatic rings. The van der Waals surface area contributed by atoms with Gasteiger partial charge in [-0.05, 0) is 30.3 Å². The number of halogens is 4. The molecule has 0 bridgehead atoms. The highest BCUT2D eigenvalue weighted by Crippen LogP contribution is 2.23. The third kappa shape index (κ3) is 5.10. The number of hydrogen-bond acceptors (Lipinski definition) is 4. The predicted molar refractivity (Wildman–Crippen MR) is 84.4 cm³/mol. The largest absolute Gasteiger partial charge is 0.486 e. The molecule has 2 rings (SSSR count). The Kier molecular flexibility index (Phi) is 5.58. The van der Waals surface area contributed by atoms with E-state index in [1.54, 1.807) is 0 Å². The number of ether oxygens (including phenoxy) is 1. The van der Waals surface area contributed by atoms with Gasteiger partial charge in [0, 0.05) is 10.6 Å². The monoisotopic (exact) mass is 393 g/mol. The van der Waals surface area contributed by atoms with Crippen molar-refractivity contribution in [1.82, 2.24) is 4.72 Å². The number of hydrogen-bond donors (Lipinski definition) is 1. The number of carbonyl (C=O) groups is 1. The SMILES string of the molecule is CS(=O)(=O)NC(=O)c1cc(F)c(COc2ccc(Cl)cc2F)cc1F. The molecule has 1 N–H and O–H groups in total. The van der Waals surface area contributed by atoms with Crippen molar-refractivity contribution < 1.29 is 31.1 Å². The summed E-state index contributed by atoms with van der Waals surface area (Å²) in [6.45, 7) is -0.519. The molecule has 0 aliphatic carbocycles. The third-order valence-electron chi connectivity index (χ3n) is 2.94. The zero-order valence-corrected chi connectivity index (χ0v) is 14.2. The highest BCUT2D eigenvalue weighted by Gasteiger charge is 2.19. The van der Waals surface area contributed by atoms with Gasteiger partial charge in [-0.15, -0.1) is 0 Å². The Morgan fingerprint density at radius 1 is 1.12 bits per heavy atom. The van der Waals surface area contributed by atoms with Crippen molar-refractivity contribution in [1.29, 1.82) is 0 Å². The maximum absolute atomic E-state index is 14.0. The Hall–Kier alpha value is -2.26. The molecule has 0 fully saturated rings. The van der Waals surface area contributed by atoms with Crippen molar-refractivity contribution >= 4 is 27.5 Å². The van der Waals surface area contributed by atoms with Crippen molar-refractivity contribution in [3.63, 3.8) is 0 Å². The van der Waals surface area contributed by atoms with Crippen LogP contribution in [0.15, 0.2) is 30.3 Å². The summed E-state index contributed by atoms with van der Waals surface area (Å²) in [6.07, 6.45) is 0.696. The van der Waals surface area contributed by atoms with Crippen molar-refractivity contribution in [2.45, 2.75) is 6.61 Å². The first-order valence-corrected chi connectivity index (χ1v) is 8.91. The molecule has 134 valence electrons. The van der Waals surface area contributed by atoms with Gasteiger partial charge in [-0.3, -0.25) is 4.79 Å². The van der Waals surface area contributed by atoms with Gasteiger partial charge in [-0.2, -0.15) is 0 Å². The molecule has 25 heavy (non-hydrogen) atoms. The molecular weight excluding hydrogens is 383 g/mol. The Morgan fingerprint density at radius 2 is 1.80 bits per heavy atom. The van der Waals surface area contributed by atoms with Gasteiger partial charge in [-0.25, -0.2) is 26.3 Å². The van der Waals surface area contributed by atoms with E-state index in [0.717, 1.165) is 6.07 Å². The quantitative estimate of drug-likeness (QED) is 0.847. The zero-order valence-electron chi connectivity index (χ0n) is 12.6. The van der Waals surface area contributed by atoms with Gasteiger partial charge in [0.25, 0.3) is 5.91 Å². The van der Waals surface area contributed by atoms with Crippen molar-refractivity contribution in [2.75, 3.05) is 6.26 Å². The van der Waals surface area contributed by atoms with Crippen LogP contribution in [-0.4, -0.2) is 20.6 Å². The fraction of sp³-hybridized carbons (Fsp3) is 0.133. The van der Waals surface area contributed by atoms with E-state index in [4.69, 9.17) is 16.3 Å². The smallest absolute Gasteiger partial charge is 0.267 e. The Bertz CT molecular complexity index is 935. The second kappa shape index (κ2) is 7.32. The van der Waals surface area contributed by atoms with Crippen LogP contribution in [0, 0.1) is 17.5 Å². The van der Waals surface area contributed by atoms with Crippen LogP contribution in [0.1, 0.15) is 15.9 Å². The van der Waals surface area contributed by atoms with Gasteiger partial charge in [0.1, 0.15) is 18.2 Å². The summed E-state index contributed by atoms with van der Waals surface area (Å²) >= 11 is 5.59. The molecule has 0 unspecified atom stereocenters. The summed E-state index contributed by atoms with van der Waals surface area (Å²) < 4.78 is 70.1. The van der Waals surface area contributed by atoms with Gasteiger partial charge in [0.15, 0.2) is 11.6 Å². The normalized spacial score (nSPS) is 11.2. The minimum absolute atomic E-state index is 0.142. The van der Waals surface area contributed by atoms with Gasteiger partial charge in [0.05, 0.1) is 11.8 Å². The summed E-state index contributed by atoms with van der Waals surface area (Å²) in [6, 6.07) is 4.77. The second-order valence-electron chi connectivity index (χ2n) is 4.99. The number of nitrogens with one attached hydrogen (secondary N) is 1. The van der Waals surface area contributed by atoms with E-state index in [2.05, 4.69) is 0 Å². The minimum atomic E-state index is -3.93. The van der Waals surface area contributed by atoms with Crippen LogP contribution in [0.5, 0.6) is 5.75 Å². The van der Waals surface area contributed by atoms with Crippen LogP contribution < -0.4 is 9.46 Å². The highest BCUT2D eigenvalue weighted by molar-refractivity contribution is 7.89. The van der Waals surface area contributed by atoms with E-state index in [1.165, 1.54) is 16.9 Å². The summed E-state index contributed by atoms with van der Waals surface area (Å²) in [4.78, 5) is 11.6. The molecule has 0 atom stereocenters. The molecule has 2 aromatic carbocycles.